The first kappa shape index (κ1) is 14.9. The lowest BCUT2D eigenvalue weighted by Gasteiger charge is -2.35. The number of carbonyl (C=O) groups is 2. The molecule has 0 aliphatic carbocycles. The summed E-state index contributed by atoms with van der Waals surface area (Å²) in [6, 6.07) is 14.6. The molecule has 3 rings (SSSR count). The van der Waals surface area contributed by atoms with Gasteiger partial charge in [0.1, 0.15) is 11.9 Å². The summed E-state index contributed by atoms with van der Waals surface area (Å²) in [6.45, 7) is -0.160. The van der Waals surface area contributed by atoms with Crippen LogP contribution in [0.5, 0.6) is 5.75 Å². The van der Waals surface area contributed by atoms with Crippen molar-refractivity contribution in [3.05, 3.63) is 59.7 Å². The Bertz CT molecular complexity index is 743. The molecule has 6 nitrogen and oxygen atoms in total. The molecule has 2 aromatic carbocycles. The Balaban J connectivity index is 1.82. The van der Waals surface area contributed by atoms with Gasteiger partial charge in [-0.2, -0.15) is 0 Å². The second kappa shape index (κ2) is 6.00. The lowest BCUT2D eigenvalue weighted by atomic mass is 10.0. The summed E-state index contributed by atoms with van der Waals surface area (Å²) in [7, 11) is 1.76. The van der Waals surface area contributed by atoms with Gasteiger partial charge in [0.15, 0.2) is 6.61 Å². The maximum absolute atomic E-state index is 12.5. The number of nitrogens with zero attached hydrogens (tertiary/aromatic N) is 1. The van der Waals surface area contributed by atoms with E-state index in [0.717, 1.165) is 11.3 Å². The van der Waals surface area contributed by atoms with Gasteiger partial charge in [-0.25, -0.2) is 0 Å². The molecular weight excluding hydrogens is 294 g/mol. The van der Waals surface area contributed by atoms with Gasteiger partial charge in [0, 0.05) is 12.7 Å². The molecule has 3 N–H and O–H groups in total. The minimum Gasteiger partial charge on any atom is -0.484 e. The molecule has 0 fully saturated rings. The second-order valence-electron chi connectivity index (χ2n) is 5.33. The number of fused-ring (bicyclic) bond motifs is 1. The van der Waals surface area contributed by atoms with Crippen molar-refractivity contribution < 1.29 is 14.3 Å². The number of ether oxygens (including phenoxy) is 1. The van der Waals surface area contributed by atoms with Gasteiger partial charge in [-0.3, -0.25) is 9.59 Å². The minimum absolute atomic E-state index is 0.0293. The van der Waals surface area contributed by atoms with Gasteiger partial charge in [-0.05, 0) is 29.8 Å². The molecule has 0 spiro atoms. The molecule has 6 heteroatoms. The van der Waals surface area contributed by atoms with Crippen molar-refractivity contribution in [2.24, 2.45) is 5.73 Å². The fourth-order valence-electron chi connectivity index (χ4n) is 2.55. The van der Waals surface area contributed by atoms with Crippen molar-refractivity contribution in [3.63, 3.8) is 0 Å². The first-order valence-electron chi connectivity index (χ1n) is 7.20. The lowest BCUT2D eigenvalue weighted by molar-refractivity contribution is -0.119. The molecule has 1 aliphatic rings. The highest BCUT2D eigenvalue weighted by Gasteiger charge is 2.29. The first-order chi connectivity index (χ1) is 11.1. The number of rotatable bonds is 4. The van der Waals surface area contributed by atoms with Crippen molar-refractivity contribution in [2.75, 3.05) is 19.0 Å². The van der Waals surface area contributed by atoms with Gasteiger partial charge in [0.05, 0.1) is 5.56 Å². The molecule has 2 aromatic rings. The standard InChI is InChI=1S/C17H17N3O3/c1-20-16(19-14-5-3-2-4-13(14)17(20)22)11-6-8-12(9-7-11)23-10-15(18)21/h2-9,16,19H,10H2,1H3,(H2,18,21). The normalized spacial score (nSPS) is 16.5. The van der Waals surface area contributed by atoms with E-state index in [4.69, 9.17) is 10.5 Å². The van der Waals surface area contributed by atoms with Crippen LogP contribution in [0.3, 0.4) is 0 Å². The van der Waals surface area contributed by atoms with Gasteiger partial charge in [0.25, 0.3) is 11.8 Å². The number of nitrogens with two attached hydrogens (primary N) is 1. The van der Waals surface area contributed by atoms with E-state index in [1.807, 2.05) is 30.3 Å². The van der Waals surface area contributed by atoms with Crippen LogP contribution in [-0.2, 0) is 4.79 Å². The Morgan fingerprint density at radius 2 is 1.91 bits per heavy atom. The zero-order chi connectivity index (χ0) is 16.4. The molecule has 0 saturated heterocycles. The maximum atomic E-state index is 12.5. The van der Waals surface area contributed by atoms with E-state index in [1.54, 1.807) is 30.1 Å². The fraction of sp³-hybridized carbons (Fsp3) is 0.176. The average Bonchev–Trinajstić information content (AvgIpc) is 2.57. The van der Waals surface area contributed by atoms with Crippen LogP contribution in [0.2, 0.25) is 0 Å². The zero-order valence-corrected chi connectivity index (χ0v) is 12.7. The van der Waals surface area contributed by atoms with Crippen molar-refractivity contribution in [1.82, 2.24) is 4.90 Å². The molecule has 0 saturated carbocycles. The van der Waals surface area contributed by atoms with E-state index in [1.165, 1.54) is 0 Å². The van der Waals surface area contributed by atoms with E-state index in [0.29, 0.717) is 11.3 Å². The summed E-state index contributed by atoms with van der Waals surface area (Å²) < 4.78 is 5.24. The highest BCUT2D eigenvalue weighted by Crippen LogP contribution is 2.32. The second-order valence-corrected chi connectivity index (χ2v) is 5.33. The number of primary amides is 1. The van der Waals surface area contributed by atoms with Crippen LogP contribution in [0.4, 0.5) is 5.69 Å². The molecule has 0 bridgehead atoms. The third-order valence-corrected chi connectivity index (χ3v) is 3.73. The topological polar surface area (TPSA) is 84.7 Å². The quantitative estimate of drug-likeness (QED) is 0.901. The SMILES string of the molecule is CN1C(=O)c2ccccc2NC1c1ccc(OCC(N)=O)cc1. The van der Waals surface area contributed by atoms with Crippen molar-refractivity contribution in [1.29, 1.82) is 0 Å². The van der Waals surface area contributed by atoms with E-state index < -0.39 is 5.91 Å². The highest BCUT2D eigenvalue weighted by molar-refractivity contribution is 6.01. The van der Waals surface area contributed by atoms with Crippen molar-refractivity contribution in [3.8, 4) is 5.75 Å². The van der Waals surface area contributed by atoms with Crippen LogP contribution in [-0.4, -0.2) is 30.4 Å². The summed E-state index contributed by atoms with van der Waals surface area (Å²) >= 11 is 0. The number of para-hydroxylation sites is 1. The zero-order valence-electron chi connectivity index (χ0n) is 12.7. The Labute approximate surface area is 133 Å². The maximum Gasteiger partial charge on any atom is 0.257 e. The third kappa shape index (κ3) is 2.96. The summed E-state index contributed by atoms with van der Waals surface area (Å²) in [5.74, 6) is 0.00102. The number of nitrogens with one attached hydrogen (secondary N) is 1. The Morgan fingerprint density at radius 1 is 1.22 bits per heavy atom. The van der Waals surface area contributed by atoms with Crippen LogP contribution in [0.1, 0.15) is 22.1 Å². The minimum atomic E-state index is -0.523. The Hall–Kier alpha value is -3.02. The average molecular weight is 311 g/mol. The summed E-state index contributed by atoms with van der Waals surface area (Å²) in [6.07, 6.45) is -0.261. The molecule has 0 aromatic heterocycles. The summed E-state index contributed by atoms with van der Waals surface area (Å²) in [4.78, 5) is 24.8. The molecule has 0 radical (unpaired) electrons. The van der Waals surface area contributed by atoms with Gasteiger partial charge in [0.2, 0.25) is 0 Å². The molecule has 1 unspecified atom stereocenters. The number of anilines is 1. The van der Waals surface area contributed by atoms with Crippen LogP contribution in [0.25, 0.3) is 0 Å². The van der Waals surface area contributed by atoms with Crippen molar-refractivity contribution in [2.45, 2.75) is 6.17 Å². The number of hydrogen-bond donors (Lipinski definition) is 2. The number of benzene rings is 2. The molecule has 1 atom stereocenters. The van der Waals surface area contributed by atoms with Gasteiger partial charge < -0.3 is 20.7 Å². The highest BCUT2D eigenvalue weighted by atomic mass is 16.5. The van der Waals surface area contributed by atoms with Gasteiger partial charge >= 0.3 is 0 Å². The van der Waals surface area contributed by atoms with Crippen LogP contribution < -0.4 is 15.8 Å². The van der Waals surface area contributed by atoms with Crippen LogP contribution >= 0.6 is 0 Å². The third-order valence-electron chi connectivity index (χ3n) is 3.73. The van der Waals surface area contributed by atoms with E-state index in [9.17, 15) is 9.59 Å². The molecule has 23 heavy (non-hydrogen) atoms. The molecule has 1 aliphatic heterocycles. The fourth-order valence-corrected chi connectivity index (χ4v) is 2.55. The van der Waals surface area contributed by atoms with Gasteiger partial charge in [-0.1, -0.05) is 24.3 Å². The summed E-state index contributed by atoms with van der Waals surface area (Å²) in [5.41, 5.74) is 7.44. The van der Waals surface area contributed by atoms with E-state index in [-0.39, 0.29) is 18.7 Å². The Morgan fingerprint density at radius 3 is 2.61 bits per heavy atom. The number of carbonyl (C=O) groups excluding carboxylic acids is 2. The lowest BCUT2D eigenvalue weighted by Crippen LogP contribution is -2.40. The van der Waals surface area contributed by atoms with Crippen LogP contribution in [0, 0.1) is 0 Å². The van der Waals surface area contributed by atoms with Gasteiger partial charge in [-0.15, -0.1) is 0 Å². The predicted molar refractivity (Wildman–Crippen MR) is 86.0 cm³/mol. The smallest absolute Gasteiger partial charge is 0.257 e. The van der Waals surface area contributed by atoms with E-state index in [2.05, 4.69) is 5.32 Å². The van der Waals surface area contributed by atoms with Crippen LogP contribution in [0.15, 0.2) is 48.5 Å². The Kier molecular flexibility index (Phi) is 3.89. The first-order valence-corrected chi connectivity index (χ1v) is 7.20. The molecule has 2 amide bonds. The van der Waals surface area contributed by atoms with Crippen molar-refractivity contribution >= 4 is 17.5 Å². The number of hydrogen-bond acceptors (Lipinski definition) is 4. The molecule has 118 valence electrons. The predicted octanol–water partition coefficient (Wildman–Crippen LogP) is 1.75. The van der Waals surface area contributed by atoms with E-state index >= 15 is 0 Å². The number of amides is 2. The molecular formula is C17H17N3O3. The monoisotopic (exact) mass is 311 g/mol. The molecule has 1 heterocycles. The summed E-state index contributed by atoms with van der Waals surface area (Å²) in [5, 5.41) is 3.35. The largest absolute Gasteiger partial charge is 0.484 e.